The van der Waals surface area contributed by atoms with E-state index < -0.39 is 0 Å². The van der Waals surface area contributed by atoms with E-state index in [4.69, 9.17) is 10.00 Å². The summed E-state index contributed by atoms with van der Waals surface area (Å²) in [7, 11) is 1.38. The molecule has 20 heavy (non-hydrogen) atoms. The van der Waals surface area contributed by atoms with Gasteiger partial charge in [0, 0.05) is 12.1 Å². The minimum absolute atomic E-state index is 0.276. The molecular formula is C13H14N4O2S. The highest BCUT2D eigenvalue weighted by Crippen LogP contribution is 2.30. The first kappa shape index (κ1) is 14.2. The quantitative estimate of drug-likeness (QED) is 0.283. The summed E-state index contributed by atoms with van der Waals surface area (Å²) >= 11 is 1.35. The fourth-order valence-electron chi connectivity index (χ4n) is 1.98. The molecule has 1 atom stereocenters. The lowest BCUT2D eigenvalue weighted by Crippen LogP contribution is -2.27. The van der Waals surface area contributed by atoms with Crippen LogP contribution in [0.3, 0.4) is 0 Å². The van der Waals surface area contributed by atoms with Crippen LogP contribution in [0.4, 0.5) is 11.4 Å². The van der Waals surface area contributed by atoms with Gasteiger partial charge in [-0.05, 0) is 24.0 Å². The maximum atomic E-state index is 11.5. The average molecular weight is 290 g/mol. The molecule has 0 aromatic heterocycles. The second kappa shape index (κ2) is 6.30. The van der Waals surface area contributed by atoms with Crippen LogP contribution in [0, 0.1) is 11.5 Å². The molecule has 6 nitrogen and oxygen atoms in total. The Balaban J connectivity index is 2.19. The number of carbonyl (C=O) groups is 1. The van der Waals surface area contributed by atoms with E-state index in [9.17, 15) is 4.79 Å². The van der Waals surface area contributed by atoms with Gasteiger partial charge in [-0.15, -0.1) is 0 Å². The Bertz CT molecular complexity index is 595. The first-order valence-corrected chi connectivity index (χ1v) is 7.15. The van der Waals surface area contributed by atoms with Gasteiger partial charge in [-0.1, -0.05) is 17.8 Å². The average Bonchev–Trinajstić information content (AvgIpc) is 2.89. The van der Waals surface area contributed by atoms with Crippen molar-refractivity contribution in [1.29, 1.82) is 5.26 Å². The molecule has 0 fully saturated rings. The summed E-state index contributed by atoms with van der Waals surface area (Å²) in [6.45, 7) is 0. The zero-order chi connectivity index (χ0) is 14.5. The van der Waals surface area contributed by atoms with Crippen LogP contribution in [0.1, 0.15) is 5.56 Å². The standard InChI is InChI=1S/C13H14N4O2S/c1-19-12(18)11-5-8-3-4-9(6-10(8)17-11)16-13(20-2)15-7-14/h3-4,6,11,17H,5H2,1-2H3,(H,15,16). The number of methoxy groups -OCH3 is 1. The molecule has 0 saturated carbocycles. The number of amidine groups is 1. The number of hydrogen-bond acceptors (Lipinski definition) is 6. The molecule has 0 bridgehead atoms. The van der Waals surface area contributed by atoms with Crippen molar-refractivity contribution in [2.45, 2.75) is 12.5 Å². The molecule has 0 aliphatic carbocycles. The number of nitrogens with one attached hydrogen (secondary N) is 2. The van der Waals surface area contributed by atoms with Gasteiger partial charge in [0.05, 0.1) is 12.8 Å². The van der Waals surface area contributed by atoms with Crippen LogP contribution in [0.5, 0.6) is 0 Å². The molecule has 0 radical (unpaired) electrons. The fourth-order valence-corrected chi connectivity index (χ4v) is 2.32. The van der Waals surface area contributed by atoms with Crippen molar-refractivity contribution in [3.8, 4) is 6.19 Å². The summed E-state index contributed by atoms with van der Waals surface area (Å²) < 4.78 is 4.73. The van der Waals surface area contributed by atoms with E-state index in [0.29, 0.717) is 17.3 Å². The van der Waals surface area contributed by atoms with Crippen LogP contribution in [0.2, 0.25) is 0 Å². The van der Waals surface area contributed by atoms with Crippen molar-refractivity contribution in [3.05, 3.63) is 23.8 Å². The molecule has 1 heterocycles. The summed E-state index contributed by atoms with van der Waals surface area (Å²) in [5.41, 5.74) is 2.64. The lowest BCUT2D eigenvalue weighted by molar-refractivity contribution is -0.141. The Morgan fingerprint density at radius 3 is 3.10 bits per heavy atom. The number of benzene rings is 1. The lowest BCUT2D eigenvalue weighted by atomic mass is 10.1. The highest BCUT2D eigenvalue weighted by Gasteiger charge is 2.27. The number of fused-ring (bicyclic) bond motifs is 1. The largest absolute Gasteiger partial charge is 0.467 e. The topological polar surface area (TPSA) is 86.5 Å². The lowest BCUT2D eigenvalue weighted by Gasteiger charge is -2.07. The van der Waals surface area contributed by atoms with Crippen LogP contribution < -0.4 is 10.6 Å². The van der Waals surface area contributed by atoms with Crippen molar-refractivity contribution in [1.82, 2.24) is 5.32 Å². The van der Waals surface area contributed by atoms with Crippen LogP contribution in [-0.4, -0.2) is 30.5 Å². The normalized spacial score (nSPS) is 16.9. The van der Waals surface area contributed by atoms with E-state index >= 15 is 0 Å². The van der Waals surface area contributed by atoms with Gasteiger partial charge in [0.2, 0.25) is 0 Å². The number of thioether (sulfide) groups is 1. The van der Waals surface area contributed by atoms with Crippen molar-refractivity contribution in [2.75, 3.05) is 18.7 Å². The highest BCUT2D eigenvalue weighted by atomic mass is 32.2. The molecule has 1 aromatic rings. The number of rotatable bonds is 2. The van der Waals surface area contributed by atoms with E-state index in [-0.39, 0.29) is 12.0 Å². The molecule has 1 aliphatic rings. The number of carbonyl (C=O) groups excluding carboxylic acids is 1. The number of ether oxygens (including phenoxy) is 1. The molecular weight excluding hydrogens is 276 g/mol. The summed E-state index contributed by atoms with van der Waals surface area (Å²) in [6, 6.07) is 5.30. The Kier molecular flexibility index (Phi) is 4.48. The third-order valence-electron chi connectivity index (χ3n) is 2.92. The monoisotopic (exact) mass is 290 g/mol. The number of aliphatic imine (C=N–C) groups is 1. The van der Waals surface area contributed by atoms with E-state index in [1.54, 1.807) is 0 Å². The van der Waals surface area contributed by atoms with Gasteiger partial charge < -0.3 is 10.1 Å². The first-order chi connectivity index (χ1) is 9.67. The van der Waals surface area contributed by atoms with Gasteiger partial charge in [-0.2, -0.15) is 5.26 Å². The zero-order valence-corrected chi connectivity index (χ0v) is 12.0. The Morgan fingerprint density at radius 2 is 2.45 bits per heavy atom. The molecule has 2 N–H and O–H groups in total. The van der Waals surface area contributed by atoms with Crippen molar-refractivity contribution in [3.63, 3.8) is 0 Å². The van der Waals surface area contributed by atoms with E-state index in [1.807, 2.05) is 30.6 Å². The maximum Gasteiger partial charge on any atom is 0.328 e. The van der Waals surface area contributed by atoms with E-state index in [1.165, 1.54) is 18.9 Å². The molecule has 0 spiro atoms. The van der Waals surface area contributed by atoms with Crippen molar-refractivity contribution < 1.29 is 9.53 Å². The number of anilines is 1. The second-order valence-corrected chi connectivity index (χ2v) is 4.92. The van der Waals surface area contributed by atoms with Crippen molar-refractivity contribution in [2.24, 2.45) is 4.99 Å². The second-order valence-electron chi connectivity index (χ2n) is 4.12. The summed E-state index contributed by atoms with van der Waals surface area (Å²) in [5, 5.41) is 14.7. The number of nitrogens with zero attached hydrogens (tertiary/aromatic N) is 2. The van der Waals surface area contributed by atoms with Crippen molar-refractivity contribution >= 4 is 34.3 Å². The van der Waals surface area contributed by atoms with Gasteiger partial charge in [0.25, 0.3) is 0 Å². The minimum Gasteiger partial charge on any atom is -0.467 e. The predicted octanol–water partition coefficient (Wildman–Crippen LogP) is 1.62. The zero-order valence-electron chi connectivity index (χ0n) is 11.1. The Labute approximate surface area is 121 Å². The molecule has 1 unspecified atom stereocenters. The SMILES string of the molecule is COC(=O)C1Cc2ccc(N=C(NC#N)SC)cc2N1. The first-order valence-electron chi connectivity index (χ1n) is 5.93. The Hall–Kier alpha value is -2.20. The molecule has 7 heteroatoms. The van der Waals surface area contributed by atoms with Gasteiger partial charge in [-0.25, -0.2) is 9.79 Å². The summed E-state index contributed by atoms with van der Waals surface area (Å²) in [6.07, 6.45) is 4.29. The third kappa shape index (κ3) is 3.03. The molecule has 104 valence electrons. The molecule has 1 aliphatic heterocycles. The smallest absolute Gasteiger partial charge is 0.328 e. The molecule has 0 saturated heterocycles. The van der Waals surface area contributed by atoms with Crippen LogP contribution >= 0.6 is 11.8 Å². The van der Waals surface area contributed by atoms with E-state index in [0.717, 1.165) is 11.3 Å². The summed E-state index contributed by atoms with van der Waals surface area (Å²) in [5.74, 6) is -0.276. The van der Waals surface area contributed by atoms with Crippen LogP contribution in [0.25, 0.3) is 0 Å². The summed E-state index contributed by atoms with van der Waals surface area (Å²) in [4.78, 5) is 15.8. The number of hydrogen-bond donors (Lipinski definition) is 2. The molecule has 0 amide bonds. The minimum atomic E-state index is -0.341. The third-order valence-corrected chi connectivity index (χ3v) is 3.50. The highest BCUT2D eigenvalue weighted by molar-refractivity contribution is 8.13. The Morgan fingerprint density at radius 1 is 1.65 bits per heavy atom. The van der Waals surface area contributed by atoms with E-state index in [2.05, 4.69) is 15.6 Å². The predicted molar refractivity (Wildman–Crippen MR) is 78.9 cm³/mol. The molecule has 1 aromatic carbocycles. The van der Waals surface area contributed by atoms with Gasteiger partial charge >= 0.3 is 5.97 Å². The van der Waals surface area contributed by atoms with Gasteiger partial charge in [-0.3, -0.25) is 5.32 Å². The fraction of sp³-hybridized carbons (Fsp3) is 0.308. The van der Waals surface area contributed by atoms with Crippen LogP contribution in [-0.2, 0) is 16.0 Å². The van der Waals surface area contributed by atoms with Crippen LogP contribution in [0.15, 0.2) is 23.2 Å². The number of esters is 1. The van der Waals surface area contributed by atoms with Gasteiger partial charge in [0.15, 0.2) is 11.4 Å². The maximum absolute atomic E-state index is 11.5. The molecule has 2 rings (SSSR count). The number of nitriles is 1. The van der Waals surface area contributed by atoms with Gasteiger partial charge in [0.1, 0.15) is 6.04 Å².